The molecule has 0 aliphatic carbocycles. The van der Waals surface area contributed by atoms with Crippen molar-refractivity contribution >= 4 is 49.9 Å². The van der Waals surface area contributed by atoms with E-state index < -0.39 is 15.8 Å². The van der Waals surface area contributed by atoms with Gasteiger partial charge in [-0.15, -0.1) is 0 Å². The summed E-state index contributed by atoms with van der Waals surface area (Å²) in [5.74, 6) is -0.725. The minimum absolute atomic E-state index is 0.228. The van der Waals surface area contributed by atoms with E-state index in [4.69, 9.17) is 11.6 Å². The summed E-state index contributed by atoms with van der Waals surface area (Å²) in [4.78, 5) is 3.24. The van der Waals surface area contributed by atoms with Gasteiger partial charge in [-0.2, -0.15) is 0 Å². The van der Waals surface area contributed by atoms with Crippen LogP contribution in [0.2, 0.25) is 5.02 Å². The molecule has 1 N–H and O–H groups in total. The third-order valence-electron chi connectivity index (χ3n) is 2.17. The van der Waals surface area contributed by atoms with E-state index in [1.54, 1.807) is 12.1 Å². The lowest BCUT2D eigenvalue weighted by molar-refractivity contribution is 0.592. The van der Waals surface area contributed by atoms with E-state index in [-0.39, 0.29) is 15.6 Å². The van der Waals surface area contributed by atoms with E-state index in [1.807, 2.05) is 0 Å². The Labute approximate surface area is 128 Å². The highest BCUT2D eigenvalue weighted by molar-refractivity contribution is 14.1. The molecule has 0 aliphatic rings. The predicted molar refractivity (Wildman–Crippen MR) is 79.2 cm³/mol. The van der Waals surface area contributed by atoms with E-state index in [1.165, 1.54) is 6.07 Å². The summed E-state index contributed by atoms with van der Waals surface area (Å²) in [6.07, 6.45) is 1.99. The maximum absolute atomic E-state index is 13.0. The molecule has 1 aromatic carbocycles. The number of aromatic nitrogens is 1. The van der Waals surface area contributed by atoms with Crippen LogP contribution in [0.25, 0.3) is 0 Å². The lowest BCUT2D eigenvalue weighted by Gasteiger charge is -2.09. The number of nitrogens with one attached hydrogen (secondary N) is 1. The lowest BCUT2D eigenvalue weighted by Crippen LogP contribution is -2.13. The first kappa shape index (κ1) is 14.5. The van der Waals surface area contributed by atoms with Crippen molar-refractivity contribution in [2.75, 3.05) is 4.72 Å². The second kappa shape index (κ2) is 5.59. The molecule has 19 heavy (non-hydrogen) atoms. The van der Waals surface area contributed by atoms with Crippen molar-refractivity contribution in [1.82, 2.24) is 4.98 Å². The van der Waals surface area contributed by atoms with Crippen molar-refractivity contribution in [1.29, 1.82) is 0 Å². The highest BCUT2D eigenvalue weighted by atomic mass is 127. The molecule has 0 unspecified atom stereocenters. The van der Waals surface area contributed by atoms with Gasteiger partial charge in [0.1, 0.15) is 10.7 Å². The number of nitrogens with zero attached hydrogens (tertiary/aromatic N) is 1. The molecule has 4 nitrogen and oxygen atoms in total. The Kier molecular flexibility index (Phi) is 4.26. The maximum Gasteiger partial charge on any atom is 0.263 e. The second-order valence-corrected chi connectivity index (χ2v) is 6.90. The van der Waals surface area contributed by atoms with Gasteiger partial charge in [-0.25, -0.2) is 12.8 Å². The smallest absolute Gasteiger partial charge is 0.263 e. The van der Waals surface area contributed by atoms with Crippen molar-refractivity contribution in [3.05, 3.63) is 51.1 Å². The number of halogens is 3. The van der Waals surface area contributed by atoms with Crippen LogP contribution in [0, 0.1) is 9.39 Å². The molecule has 8 heteroatoms. The van der Waals surface area contributed by atoms with Crippen molar-refractivity contribution in [3.63, 3.8) is 0 Å². The van der Waals surface area contributed by atoms with E-state index in [2.05, 4.69) is 32.3 Å². The zero-order valence-electron chi connectivity index (χ0n) is 9.27. The third kappa shape index (κ3) is 3.54. The Bertz CT molecular complexity index is 724. The van der Waals surface area contributed by atoms with Crippen molar-refractivity contribution in [2.45, 2.75) is 4.90 Å². The highest BCUT2D eigenvalue weighted by Gasteiger charge is 2.17. The summed E-state index contributed by atoms with van der Waals surface area (Å²) in [5.41, 5.74) is 0.228. The molecule has 0 saturated heterocycles. The predicted octanol–water partition coefficient (Wildman–Crippen LogP) is 3.28. The van der Waals surface area contributed by atoms with Crippen LogP contribution >= 0.6 is 34.2 Å². The van der Waals surface area contributed by atoms with Gasteiger partial charge >= 0.3 is 0 Å². The lowest BCUT2D eigenvalue weighted by atomic mass is 10.3. The van der Waals surface area contributed by atoms with Crippen LogP contribution in [-0.4, -0.2) is 13.4 Å². The van der Waals surface area contributed by atoms with Crippen LogP contribution < -0.4 is 4.72 Å². The number of hydrogen-bond donors (Lipinski definition) is 1. The molecule has 100 valence electrons. The largest absolute Gasteiger partial charge is 0.278 e. The number of hydrogen-bond acceptors (Lipinski definition) is 3. The topological polar surface area (TPSA) is 59.1 Å². The zero-order valence-corrected chi connectivity index (χ0v) is 13.0. The van der Waals surface area contributed by atoms with E-state index in [0.29, 0.717) is 0 Å². The molecule has 0 atom stereocenters. The van der Waals surface area contributed by atoms with Gasteiger partial charge in [0.2, 0.25) is 0 Å². The zero-order chi connectivity index (χ0) is 14.0. The van der Waals surface area contributed by atoms with Crippen molar-refractivity contribution in [3.8, 4) is 0 Å². The van der Waals surface area contributed by atoms with Crippen LogP contribution in [0.5, 0.6) is 0 Å². The number of sulfonamides is 1. The van der Waals surface area contributed by atoms with E-state index in [9.17, 15) is 12.8 Å². The molecule has 0 bridgehead atoms. The van der Waals surface area contributed by atoms with Gasteiger partial charge in [-0.05, 0) is 46.9 Å². The van der Waals surface area contributed by atoms with Crippen LogP contribution in [0.3, 0.4) is 0 Å². The van der Waals surface area contributed by atoms with Crippen LogP contribution in [0.4, 0.5) is 10.1 Å². The summed E-state index contributed by atoms with van der Waals surface area (Å²) in [7, 11) is -3.91. The third-order valence-corrected chi connectivity index (χ3v) is 4.48. The van der Waals surface area contributed by atoms with Gasteiger partial charge in [0, 0.05) is 9.77 Å². The summed E-state index contributed by atoms with van der Waals surface area (Å²) in [5, 5.41) is 0.264. The second-order valence-electron chi connectivity index (χ2n) is 3.57. The van der Waals surface area contributed by atoms with Crippen molar-refractivity contribution in [2.24, 2.45) is 0 Å². The van der Waals surface area contributed by atoms with E-state index in [0.717, 1.165) is 22.0 Å². The summed E-state index contributed by atoms with van der Waals surface area (Å²) < 4.78 is 40.2. The van der Waals surface area contributed by atoms with Gasteiger partial charge in [0.05, 0.1) is 16.9 Å². The monoisotopic (exact) mass is 412 g/mol. The van der Waals surface area contributed by atoms with Crippen LogP contribution in [0.15, 0.2) is 41.6 Å². The van der Waals surface area contributed by atoms with Crippen LogP contribution in [-0.2, 0) is 10.0 Å². The standard InChI is InChI=1S/C11H7ClFIN2O2S/c12-10-4-8(14)1-2-11(10)16-19(17,18)9-3-7(13)5-15-6-9/h1-6,16H. The van der Waals surface area contributed by atoms with E-state index >= 15 is 0 Å². The van der Waals surface area contributed by atoms with Gasteiger partial charge < -0.3 is 0 Å². The average Bonchev–Trinajstić information content (AvgIpc) is 2.33. The molecular weight excluding hydrogens is 406 g/mol. The van der Waals surface area contributed by atoms with Gasteiger partial charge in [-0.3, -0.25) is 9.71 Å². The molecule has 0 amide bonds. The fraction of sp³-hybridized carbons (Fsp3) is 0. The first-order chi connectivity index (χ1) is 8.88. The number of anilines is 1. The minimum Gasteiger partial charge on any atom is -0.278 e. The summed E-state index contributed by atoms with van der Waals surface area (Å²) in [6.45, 7) is 0. The molecule has 0 spiro atoms. The minimum atomic E-state index is -3.91. The molecular formula is C11H7ClFIN2O2S. The molecule has 1 aromatic heterocycles. The van der Waals surface area contributed by atoms with Gasteiger partial charge in [0.25, 0.3) is 10.0 Å². The SMILES string of the molecule is O=S(=O)(Nc1ccc(I)cc1Cl)c1cncc(F)c1. The first-order valence-corrected chi connectivity index (χ1v) is 7.91. The Morgan fingerprint density at radius 3 is 2.63 bits per heavy atom. The van der Waals surface area contributed by atoms with Gasteiger partial charge in [0.15, 0.2) is 0 Å². The number of pyridine rings is 1. The molecule has 2 aromatic rings. The highest BCUT2D eigenvalue weighted by Crippen LogP contribution is 2.26. The molecule has 2 rings (SSSR count). The Morgan fingerprint density at radius 2 is 2.00 bits per heavy atom. The Balaban J connectivity index is 2.36. The first-order valence-electron chi connectivity index (χ1n) is 4.97. The quantitative estimate of drug-likeness (QED) is 0.787. The average molecular weight is 413 g/mol. The van der Waals surface area contributed by atoms with Crippen LogP contribution in [0.1, 0.15) is 0 Å². The van der Waals surface area contributed by atoms with Crippen molar-refractivity contribution < 1.29 is 12.8 Å². The number of rotatable bonds is 3. The molecule has 0 radical (unpaired) electrons. The Morgan fingerprint density at radius 1 is 1.26 bits per heavy atom. The molecule has 1 heterocycles. The molecule has 0 aliphatic heterocycles. The summed E-state index contributed by atoms with van der Waals surface area (Å²) >= 11 is 7.99. The normalized spacial score (nSPS) is 11.3. The molecule has 0 saturated carbocycles. The summed E-state index contributed by atoms with van der Waals surface area (Å²) in [6, 6.07) is 5.74. The number of benzene rings is 1. The fourth-order valence-corrected chi connectivity index (χ4v) is 3.33. The maximum atomic E-state index is 13.0. The Hall–Kier alpha value is -0.930. The fourth-order valence-electron chi connectivity index (χ4n) is 1.32. The molecule has 0 fully saturated rings. The van der Waals surface area contributed by atoms with Gasteiger partial charge in [-0.1, -0.05) is 11.6 Å².